The summed E-state index contributed by atoms with van der Waals surface area (Å²) in [6.45, 7) is 0. The third kappa shape index (κ3) is 4.26. The molecule has 0 unspecified atom stereocenters. The summed E-state index contributed by atoms with van der Waals surface area (Å²) in [4.78, 5) is 23.0. The molecule has 0 saturated heterocycles. The van der Waals surface area contributed by atoms with E-state index in [1.165, 1.54) is 19.3 Å². The van der Waals surface area contributed by atoms with Gasteiger partial charge in [0.25, 0.3) is 0 Å². The highest BCUT2D eigenvalue weighted by Gasteiger charge is 2.16. The van der Waals surface area contributed by atoms with E-state index >= 15 is 0 Å². The summed E-state index contributed by atoms with van der Waals surface area (Å²) in [5, 5.41) is 5.79. The van der Waals surface area contributed by atoms with Crippen molar-refractivity contribution in [1.29, 1.82) is 0 Å². The summed E-state index contributed by atoms with van der Waals surface area (Å²) in [6, 6.07) is 7.25. The molecule has 0 aromatic heterocycles. The lowest BCUT2D eigenvalue weighted by molar-refractivity contribution is -0.117. The van der Waals surface area contributed by atoms with Crippen LogP contribution in [0, 0.1) is 0 Å². The Balaban J connectivity index is 1.94. The van der Waals surface area contributed by atoms with Crippen molar-refractivity contribution >= 4 is 17.6 Å². The number of urea groups is 1. The highest BCUT2D eigenvalue weighted by molar-refractivity contribution is 5.91. The number of amides is 3. The highest BCUT2D eigenvalue weighted by atomic mass is 16.2. The Morgan fingerprint density at radius 1 is 1.15 bits per heavy atom. The highest BCUT2D eigenvalue weighted by Crippen LogP contribution is 2.18. The largest absolute Gasteiger partial charge is 0.369 e. The fourth-order valence-corrected chi connectivity index (χ4v) is 2.57. The van der Waals surface area contributed by atoms with Gasteiger partial charge >= 0.3 is 6.03 Å². The van der Waals surface area contributed by atoms with Gasteiger partial charge in [0.15, 0.2) is 0 Å². The summed E-state index contributed by atoms with van der Waals surface area (Å²) in [5.74, 6) is -0.410. The van der Waals surface area contributed by atoms with Crippen LogP contribution in [0.5, 0.6) is 0 Å². The monoisotopic (exact) mass is 275 g/mol. The maximum Gasteiger partial charge on any atom is 0.319 e. The zero-order valence-electron chi connectivity index (χ0n) is 11.5. The maximum absolute atomic E-state index is 12.0. The second kappa shape index (κ2) is 6.93. The van der Waals surface area contributed by atoms with Crippen LogP contribution in [0.2, 0.25) is 0 Å². The van der Waals surface area contributed by atoms with Gasteiger partial charge < -0.3 is 16.4 Å². The van der Waals surface area contributed by atoms with Gasteiger partial charge in [0, 0.05) is 11.7 Å². The number of anilines is 1. The van der Waals surface area contributed by atoms with Crippen LogP contribution in [0.4, 0.5) is 10.5 Å². The number of hydrogen-bond donors (Lipinski definition) is 3. The van der Waals surface area contributed by atoms with E-state index in [1.807, 2.05) is 12.1 Å². The quantitative estimate of drug-likeness (QED) is 0.786. The molecule has 0 heterocycles. The Kier molecular flexibility index (Phi) is 4.98. The third-order valence-electron chi connectivity index (χ3n) is 3.57. The smallest absolute Gasteiger partial charge is 0.319 e. The molecule has 2 rings (SSSR count). The molecule has 1 fully saturated rings. The minimum Gasteiger partial charge on any atom is -0.369 e. The Morgan fingerprint density at radius 3 is 2.55 bits per heavy atom. The van der Waals surface area contributed by atoms with Gasteiger partial charge in [-0.05, 0) is 24.5 Å². The van der Waals surface area contributed by atoms with Gasteiger partial charge in [-0.25, -0.2) is 4.79 Å². The predicted molar refractivity (Wildman–Crippen MR) is 78.4 cm³/mol. The SMILES string of the molecule is NC(=O)Cc1ccccc1NC(=O)NC1CCCCC1. The molecule has 1 saturated carbocycles. The van der Waals surface area contributed by atoms with Crippen LogP contribution in [0.15, 0.2) is 24.3 Å². The van der Waals surface area contributed by atoms with Crippen LogP contribution >= 0.6 is 0 Å². The zero-order chi connectivity index (χ0) is 14.4. The van der Waals surface area contributed by atoms with Gasteiger partial charge in [-0.3, -0.25) is 4.79 Å². The van der Waals surface area contributed by atoms with E-state index in [9.17, 15) is 9.59 Å². The van der Waals surface area contributed by atoms with Gasteiger partial charge in [0.1, 0.15) is 0 Å². The number of nitrogens with one attached hydrogen (secondary N) is 2. The minimum atomic E-state index is -0.410. The van der Waals surface area contributed by atoms with Crippen molar-refractivity contribution in [2.75, 3.05) is 5.32 Å². The average molecular weight is 275 g/mol. The van der Waals surface area contributed by atoms with E-state index < -0.39 is 5.91 Å². The van der Waals surface area contributed by atoms with Crippen molar-refractivity contribution in [3.8, 4) is 0 Å². The molecule has 108 valence electrons. The molecule has 1 aromatic rings. The Hall–Kier alpha value is -2.04. The van der Waals surface area contributed by atoms with Crippen LogP contribution in [-0.2, 0) is 11.2 Å². The molecule has 4 N–H and O–H groups in total. The molecule has 0 spiro atoms. The predicted octanol–water partition coefficient (Wildman–Crippen LogP) is 2.17. The summed E-state index contributed by atoms with van der Waals surface area (Å²) in [7, 11) is 0. The lowest BCUT2D eigenvalue weighted by Crippen LogP contribution is -2.39. The van der Waals surface area contributed by atoms with Crippen LogP contribution in [0.1, 0.15) is 37.7 Å². The van der Waals surface area contributed by atoms with Crippen LogP contribution < -0.4 is 16.4 Å². The van der Waals surface area contributed by atoms with Gasteiger partial charge in [0.05, 0.1) is 6.42 Å². The molecule has 0 bridgehead atoms. The molecular weight excluding hydrogens is 254 g/mol. The maximum atomic E-state index is 12.0. The summed E-state index contributed by atoms with van der Waals surface area (Å²) in [6.07, 6.45) is 5.79. The van der Waals surface area contributed by atoms with Crippen molar-refractivity contribution in [2.45, 2.75) is 44.6 Å². The Bertz CT molecular complexity index is 482. The molecule has 0 atom stereocenters. The zero-order valence-corrected chi connectivity index (χ0v) is 11.5. The number of para-hydroxylation sites is 1. The molecule has 0 radical (unpaired) electrons. The number of nitrogens with two attached hydrogens (primary N) is 1. The van der Waals surface area contributed by atoms with Gasteiger partial charge in [0.2, 0.25) is 5.91 Å². The van der Waals surface area contributed by atoms with E-state index in [2.05, 4.69) is 10.6 Å². The molecule has 0 aliphatic heterocycles. The molecule has 1 aromatic carbocycles. The summed E-state index contributed by atoms with van der Waals surface area (Å²) < 4.78 is 0. The van der Waals surface area contributed by atoms with E-state index in [0.717, 1.165) is 18.4 Å². The topological polar surface area (TPSA) is 84.2 Å². The van der Waals surface area contributed by atoms with E-state index in [0.29, 0.717) is 5.69 Å². The first-order valence-electron chi connectivity index (χ1n) is 7.09. The number of benzene rings is 1. The van der Waals surface area contributed by atoms with Crippen molar-refractivity contribution < 1.29 is 9.59 Å². The minimum absolute atomic E-state index is 0.125. The number of carbonyl (C=O) groups is 2. The first-order chi connectivity index (χ1) is 9.65. The Labute approximate surface area is 118 Å². The fourth-order valence-electron chi connectivity index (χ4n) is 2.57. The van der Waals surface area contributed by atoms with Crippen molar-refractivity contribution in [3.63, 3.8) is 0 Å². The van der Waals surface area contributed by atoms with Gasteiger partial charge in [-0.15, -0.1) is 0 Å². The van der Waals surface area contributed by atoms with E-state index in [1.54, 1.807) is 12.1 Å². The first-order valence-corrected chi connectivity index (χ1v) is 7.09. The molecule has 1 aliphatic rings. The average Bonchev–Trinajstić information content (AvgIpc) is 2.41. The molecular formula is C15H21N3O2. The van der Waals surface area contributed by atoms with Gasteiger partial charge in [-0.1, -0.05) is 37.5 Å². The Morgan fingerprint density at radius 2 is 1.85 bits per heavy atom. The van der Waals surface area contributed by atoms with Crippen molar-refractivity contribution in [3.05, 3.63) is 29.8 Å². The third-order valence-corrected chi connectivity index (χ3v) is 3.57. The van der Waals surface area contributed by atoms with Crippen LogP contribution in [0.3, 0.4) is 0 Å². The lowest BCUT2D eigenvalue weighted by Gasteiger charge is -2.23. The first kappa shape index (κ1) is 14.4. The number of primary amides is 1. The van der Waals surface area contributed by atoms with E-state index in [-0.39, 0.29) is 18.5 Å². The van der Waals surface area contributed by atoms with Gasteiger partial charge in [-0.2, -0.15) is 0 Å². The number of hydrogen-bond acceptors (Lipinski definition) is 2. The summed E-state index contributed by atoms with van der Waals surface area (Å²) in [5.41, 5.74) is 6.58. The summed E-state index contributed by atoms with van der Waals surface area (Å²) >= 11 is 0. The molecule has 20 heavy (non-hydrogen) atoms. The van der Waals surface area contributed by atoms with E-state index in [4.69, 9.17) is 5.73 Å². The second-order valence-electron chi connectivity index (χ2n) is 5.23. The second-order valence-corrected chi connectivity index (χ2v) is 5.23. The fraction of sp³-hybridized carbons (Fsp3) is 0.467. The van der Waals surface area contributed by atoms with Crippen molar-refractivity contribution in [2.24, 2.45) is 5.73 Å². The lowest BCUT2D eigenvalue weighted by atomic mass is 9.96. The molecule has 5 heteroatoms. The van der Waals surface area contributed by atoms with Crippen LogP contribution in [0.25, 0.3) is 0 Å². The molecule has 3 amide bonds. The standard InChI is InChI=1S/C15H21N3O2/c16-14(19)10-11-6-4-5-9-13(11)18-15(20)17-12-7-2-1-3-8-12/h4-6,9,12H,1-3,7-8,10H2,(H2,16,19)(H2,17,18,20). The van der Waals surface area contributed by atoms with Crippen molar-refractivity contribution in [1.82, 2.24) is 5.32 Å². The molecule has 1 aliphatic carbocycles. The normalized spacial score (nSPS) is 15.6. The van der Waals surface area contributed by atoms with Crippen LogP contribution in [-0.4, -0.2) is 18.0 Å². The molecule has 5 nitrogen and oxygen atoms in total. The number of carbonyl (C=O) groups excluding carboxylic acids is 2. The number of rotatable bonds is 4.